The van der Waals surface area contributed by atoms with Gasteiger partial charge in [-0.15, -0.1) is 0 Å². The van der Waals surface area contributed by atoms with E-state index >= 15 is 0 Å². The van der Waals surface area contributed by atoms with Crippen molar-refractivity contribution in [1.82, 2.24) is 4.90 Å². The Hall–Kier alpha value is -3.29. The standard InChI is InChI=1S/C27H36FNO3.C22H32O3/c28-24-18-23(27(31)32)12-11-22(24)17-19-13-15-29(16-14-19)26(30)25(20-7-3-1-4-8-20)21-9-5-2-6-10-21;1-4-20(24)25-19-8-7-17-16-6-5-14-13-15(23)9-11-21(14,2)18(16)10-12-22(17,19)3/h11-12,17-18,20-21,25H,1-10,13-16H2,(H,31,32);13,16-19H,4-12H2,1-3H3/t;16-,17-,18-,19-,21-,22-/m.0/s1. The van der Waals surface area contributed by atoms with Crippen molar-refractivity contribution in [2.75, 3.05) is 13.1 Å². The molecular formula is C49H68FNO6. The van der Waals surface area contributed by atoms with E-state index in [0.717, 1.165) is 62.5 Å². The summed E-state index contributed by atoms with van der Waals surface area (Å²) in [5, 5.41) is 9.02. The highest BCUT2D eigenvalue weighted by molar-refractivity contribution is 5.91. The zero-order chi connectivity index (χ0) is 40.3. The highest BCUT2D eigenvalue weighted by Gasteiger charge is 2.60. The first-order chi connectivity index (χ1) is 27.4. The number of ketones is 1. The Balaban J connectivity index is 0.000000179. The smallest absolute Gasteiger partial charge is 0.335 e. The van der Waals surface area contributed by atoms with Crippen molar-refractivity contribution < 1.29 is 33.4 Å². The maximum absolute atomic E-state index is 14.3. The molecule has 1 saturated heterocycles. The zero-order valence-corrected chi connectivity index (χ0v) is 35.0. The number of likely N-dealkylation sites (tertiary alicyclic amines) is 1. The summed E-state index contributed by atoms with van der Waals surface area (Å²) < 4.78 is 20.2. The van der Waals surface area contributed by atoms with Crippen LogP contribution in [-0.4, -0.2) is 52.8 Å². The molecule has 6 atom stereocenters. The fourth-order valence-corrected chi connectivity index (χ4v) is 13.1. The number of amides is 1. The van der Waals surface area contributed by atoms with E-state index < -0.39 is 11.8 Å². The number of aromatic carboxylic acids is 1. The summed E-state index contributed by atoms with van der Waals surface area (Å²) >= 11 is 0. The zero-order valence-electron chi connectivity index (χ0n) is 35.0. The molecule has 1 amide bonds. The largest absolute Gasteiger partial charge is 0.478 e. The lowest BCUT2D eigenvalue weighted by Gasteiger charge is -2.57. The van der Waals surface area contributed by atoms with E-state index in [1.807, 2.05) is 19.1 Å². The van der Waals surface area contributed by atoms with Gasteiger partial charge in [0.2, 0.25) is 5.91 Å². The summed E-state index contributed by atoms with van der Waals surface area (Å²) in [7, 11) is 0. The molecule has 57 heavy (non-hydrogen) atoms. The Bertz CT molecular complexity index is 1690. The van der Waals surface area contributed by atoms with Crippen LogP contribution in [0.5, 0.6) is 0 Å². The number of rotatable bonds is 7. The Kier molecular flexibility index (Phi) is 13.2. The Morgan fingerprint density at radius 1 is 0.860 bits per heavy atom. The molecule has 6 fully saturated rings. The van der Waals surface area contributed by atoms with Crippen LogP contribution < -0.4 is 0 Å². The maximum Gasteiger partial charge on any atom is 0.335 e. The number of hydrogen-bond acceptors (Lipinski definition) is 5. The van der Waals surface area contributed by atoms with Crippen LogP contribution in [0, 0.1) is 52.2 Å². The molecule has 1 N–H and O–H groups in total. The molecule has 0 bridgehead atoms. The number of carbonyl (C=O) groups excluding carboxylic acids is 3. The Morgan fingerprint density at radius 2 is 1.53 bits per heavy atom. The molecule has 1 aromatic carbocycles. The van der Waals surface area contributed by atoms with Gasteiger partial charge in [-0.3, -0.25) is 14.4 Å². The number of ether oxygens (including phenoxy) is 1. The molecular weight excluding hydrogens is 718 g/mol. The van der Waals surface area contributed by atoms with Gasteiger partial charge in [0.05, 0.1) is 5.56 Å². The third-order valence-electron chi connectivity index (χ3n) is 16.4. The number of allylic oxidation sites excluding steroid dienone is 1. The molecule has 0 aromatic heterocycles. The van der Waals surface area contributed by atoms with Crippen molar-refractivity contribution in [2.24, 2.45) is 46.3 Å². The van der Waals surface area contributed by atoms with Gasteiger partial charge in [0.15, 0.2) is 5.78 Å². The van der Waals surface area contributed by atoms with Gasteiger partial charge in [0, 0.05) is 42.8 Å². The van der Waals surface area contributed by atoms with Crippen LogP contribution in [0.15, 0.2) is 35.4 Å². The van der Waals surface area contributed by atoms with Crippen molar-refractivity contribution in [2.45, 2.75) is 162 Å². The number of halogens is 1. The van der Waals surface area contributed by atoms with Crippen molar-refractivity contribution in [3.8, 4) is 0 Å². The van der Waals surface area contributed by atoms with E-state index in [1.54, 1.807) is 0 Å². The SMILES string of the molecule is CCC(=O)O[C@H]1CC[C@H]2[C@@H]3CCC4=CC(=O)CC[C@]4(C)[C@H]3CC[C@]12C.O=C(O)c1ccc(C=C2CCN(C(=O)C(C3CCCCC3)C3CCCCC3)CC2)c(F)c1. The molecule has 0 spiro atoms. The van der Waals surface area contributed by atoms with E-state index in [2.05, 4.69) is 18.7 Å². The number of esters is 1. The monoisotopic (exact) mass is 786 g/mol. The van der Waals surface area contributed by atoms with Crippen LogP contribution in [0.2, 0.25) is 0 Å². The van der Waals surface area contributed by atoms with Crippen LogP contribution in [0.25, 0.3) is 6.08 Å². The second kappa shape index (κ2) is 17.9. The van der Waals surface area contributed by atoms with E-state index in [4.69, 9.17) is 9.84 Å². The van der Waals surface area contributed by atoms with Gasteiger partial charge < -0.3 is 14.7 Å². The lowest BCUT2D eigenvalue weighted by molar-refractivity contribution is -0.159. The number of carboxylic acid groups (broad SMARTS) is 1. The van der Waals surface area contributed by atoms with Gasteiger partial charge >= 0.3 is 11.9 Å². The normalized spacial score (nSPS) is 31.9. The summed E-state index contributed by atoms with van der Waals surface area (Å²) in [5.41, 5.74) is 3.33. The summed E-state index contributed by atoms with van der Waals surface area (Å²) in [6, 6.07) is 4.05. The number of fused-ring (bicyclic) bond motifs is 5. The molecule has 312 valence electrons. The van der Waals surface area contributed by atoms with Gasteiger partial charge in [-0.05, 0) is 137 Å². The van der Waals surface area contributed by atoms with Crippen molar-refractivity contribution >= 4 is 29.7 Å². The number of benzene rings is 1. The number of carbonyl (C=O) groups is 4. The third kappa shape index (κ3) is 8.86. The summed E-state index contributed by atoms with van der Waals surface area (Å²) in [5.74, 6) is 2.46. The number of nitrogens with zero attached hydrogens (tertiary/aromatic N) is 1. The van der Waals surface area contributed by atoms with E-state index in [9.17, 15) is 23.6 Å². The van der Waals surface area contributed by atoms with Crippen molar-refractivity contribution in [1.29, 1.82) is 0 Å². The summed E-state index contributed by atoms with van der Waals surface area (Å²) in [4.78, 5) is 50.6. The highest BCUT2D eigenvalue weighted by atomic mass is 19.1. The van der Waals surface area contributed by atoms with Gasteiger partial charge in [0.1, 0.15) is 11.9 Å². The molecule has 1 aliphatic heterocycles. The quantitative estimate of drug-likeness (QED) is 0.276. The first kappa shape index (κ1) is 41.9. The van der Waals surface area contributed by atoms with Gasteiger partial charge in [-0.1, -0.05) is 82.6 Å². The molecule has 8 heteroatoms. The minimum atomic E-state index is -1.12. The maximum atomic E-state index is 14.3. The topological polar surface area (TPSA) is 101 Å². The minimum Gasteiger partial charge on any atom is -0.478 e. The molecule has 7 nitrogen and oxygen atoms in total. The highest BCUT2D eigenvalue weighted by Crippen LogP contribution is 2.65. The molecule has 6 aliphatic carbocycles. The first-order valence-corrected chi connectivity index (χ1v) is 22.9. The number of carboxylic acids is 1. The van der Waals surface area contributed by atoms with E-state index in [0.29, 0.717) is 60.4 Å². The molecule has 8 rings (SSSR count). The predicted molar refractivity (Wildman–Crippen MR) is 221 cm³/mol. The van der Waals surface area contributed by atoms with Crippen molar-refractivity contribution in [3.05, 3.63) is 52.4 Å². The third-order valence-corrected chi connectivity index (χ3v) is 16.4. The number of piperidine rings is 1. The van der Waals surface area contributed by atoms with Crippen molar-refractivity contribution in [3.63, 3.8) is 0 Å². The number of hydrogen-bond donors (Lipinski definition) is 1. The average Bonchev–Trinajstić information content (AvgIpc) is 3.55. The van der Waals surface area contributed by atoms with Gasteiger partial charge in [-0.25, -0.2) is 9.18 Å². The van der Waals surface area contributed by atoms with Crippen LogP contribution in [0.1, 0.15) is 172 Å². The van der Waals surface area contributed by atoms with Crippen LogP contribution >= 0.6 is 0 Å². The average molecular weight is 786 g/mol. The molecule has 1 heterocycles. The Labute approximate surface area is 340 Å². The van der Waals surface area contributed by atoms with Crippen LogP contribution in [-0.2, 0) is 19.1 Å². The fraction of sp³-hybridized carbons (Fsp3) is 0.714. The Morgan fingerprint density at radius 3 is 2.14 bits per heavy atom. The van der Waals surface area contributed by atoms with Crippen LogP contribution in [0.3, 0.4) is 0 Å². The van der Waals surface area contributed by atoms with Gasteiger partial charge in [0.25, 0.3) is 0 Å². The molecule has 0 radical (unpaired) electrons. The van der Waals surface area contributed by atoms with Crippen LogP contribution in [0.4, 0.5) is 4.39 Å². The molecule has 1 aromatic rings. The summed E-state index contributed by atoms with van der Waals surface area (Å²) in [6.07, 6.45) is 27.1. The summed E-state index contributed by atoms with van der Waals surface area (Å²) in [6.45, 7) is 8.10. The first-order valence-electron chi connectivity index (χ1n) is 22.9. The second-order valence-corrected chi connectivity index (χ2v) is 19.4. The minimum absolute atomic E-state index is 0.0402. The predicted octanol–water partition coefficient (Wildman–Crippen LogP) is 11.1. The fourth-order valence-electron chi connectivity index (χ4n) is 13.1. The lowest BCUT2D eigenvalue weighted by atomic mass is 9.47. The van der Waals surface area contributed by atoms with E-state index in [-0.39, 0.29) is 34.4 Å². The van der Waals surface area contributed by atoms with Gasteiger partial charge in [-0.2, -0.15) is 0 Å². The second-order valence-electron chi connectivity index (χ2n) is 19.4. The molecule has 7 aliphatic rings. The molecule has 5 saturated carbocycles. The molecule has 0 unspecified atom stereocenters. The lowest BCUT2D eigenvalue weighted by Crippen LogP contribution is -2.51. The van der Waals surface area contributed by atoms with E-state index in [1.165, 1.54) is 101 Å².